The summed E-state index contributed by atoms with van der Waals surface area (Å²) in [6, 6.07) is 1.67. The number of nitrogens with one attached hydrogen (secondary N) is 1. The second-order valence-electron chi connectivity index (χ2n) is 3.97. The van der Waals surface area contributed by atoms with Gasteiger partial charge in [-0.15, -0.1) is 0 Å². The monoisotopic (exact) mass is 284 g/mol. The first-order valence-electron chi connectivity index (χ1n) is 5.66. The maximum absolute atomic E-state index is 6.04. The van der Waals surface area contributed by atoms with Gasteiger partial charge in [0, 0.05) is 31.5 Å². The molecule has 0 aliphatic rings. The molecule has 0 aliphatic carbocycles. The van der Waals surface area contributed by atoms with Crippen molar-refractivity contribution in [3.8, 4) is 0 Å². The Balaban J connectivity index is 2.11. The van der Waals surface area contributed by atoms with Gasteiger partial charge in [0.2, 0.25) is 0 Å². The fourth-order valence-electron chi connectivity index (χ4n) is 1.75. The van der Waals surface area contributed by atoms with Crippen LogP contribution in [0.3, 0.4) is 0 Å². The Morgan fingerprint density at radius 3 is 2.83 bits per heavy atom. The number of hydrogen-bond donors (Lipinski definition) is 1. The van der Waals surface area contributed by atoms with E-state index in [1.165, 1.54) is 0 Å². The summed E-state index contributed by atoms with van der Waals surface area (Å²) >= 11 is 11.8. The molecule has 0 radical (unpaired) electrons. The van der Waals surface area contributed by atoms with Gasteiger partial charge in [0.25, 0.3) is 0 Å². The Morgan fingerprint density at radius 2 is 2.17 bits per heavy atom. The van der Waals surface area contributed by atoms with E-state index in [4.69, 9.17) is 23.2 Å². The molecule has 0 atom stereocenters. The van der Waals surface area contributed by atoms with Crippen LogP contribution in [0, 0.1) is 0 Å². The first kappa shape index (κ1) is 13.2. The van der Waals surface area contributed by atoms with Gasteiger partial charge in [0.05, 0.1) is 15.7 Å². The highest BCUT2D eigenvalue weighted by molar-refractivity contribution is 6.35. The molecule has 0 spiro atoms. The largest absolute Gasteiger partial charge is 0.365 e. The van der Waals surface area contributed by atoms with Crippen molar-refractivity contribution in [2.24, 2.45) is 7.05 Å². The van der Waals surface area contributed by atoms with E-state index in [0.717, 1.165) is 17.7 Å². The van der Waals surface area contributed by atoms with Crippen molar-refractivity contribution < 1.29 is 0 Å². The fourth-order valence-corrected chi connectivity index (χ4v) is 2.20. The van der Waals surface area contributed by atoms with Crippen LogP contribution in [0.1, 0.15) is 18.2 Å². The van der Waals surface area contributed by atoms with Gasteiger partial charge in [-0.2, -0.15) is 5.10 Å². The van der Waals surface area contributed by atoms with Gasteiger partial charge in [-0.05, 0) is 12.5 Å². The zero-order valence-corrected chi connectivity index (χ0v) is 11.8. The van der Waals surface area contributed by atoms with Crippen LogP contribution in [0.4, 0.5) is 5.82 Å². The number of rotatable bonds is 4. The zero-order valence-electron chi connectivity index (χ0n) is 10.2. The summed E-state index contributed by atoms with van der Waals surface area (Å²) in [5.74, 6) is 0.631. The lowest BCUT2D eigenvalue weighted by atomic mass is 10.2. The van der Waals surface area contributed by atoms with E-state index in [-0.39, 0.29) is 0 Å². The summed E-state index contributed by atoms with van der Waals surface area (Å²) in [4.78, 5) is 4.15. The van der Waals surface area contributed by atoms with Gasteiger partial charge >= 0.3 is 0 Å². The van der Waals surface area contributed by atoms with Gasteiger partial charge in [0.1, 0.15) is 5.82 Å². The van der Waals surface area contributed by atoms with E-state index < -0.39 is 0 Å². The second kappa shape index (κ2) is 5.59. The summed E-state index contributed by atoms with van der Waals surface area (Å²) < 4.78 is 1.81. The Bertz CT molecular complexity index is 551. The smallest absolute Gasteiger partial charge is 0.145 e. The lowest BCUT2D eigenvalue weighted by Gasteiger charge is -2.07. The Hall–Kier alpha value is -1.26. The van der Waals surface area contributed by atoms with Crippen molar-refractivity contribution in [1.82, 2.24) is 14.8 Å². The van der Waals surface area contributed by atoms with Gasteiger partial charge in [-0.25, -0.2) is 4.98 Å². The van der Waals surface area contributed by atoms with Crippen molar-refractivity contribution in [2.75, 3.05) is 5.32 Å². The Kier molecular flexibility index (Phi) is 4.09. The average Bonchev–Trinajstić information content (AvgIpc) is 2.68. The number of nitrogens with zero attached hydrogens (tertiary/aromatic N) is 3. The molecule has 6 heteroatoms. The van der Waals surface area contributed by atoms with Crippen molar-refractivity contribution in [3.63, 3.8) is 0 Å². The molecule has 0 aliphatic heterocycles. The fraction of sp³-hybridized carbons (Fsp3) is 0.333. The van der Waals surface area contributed by atoms with Crippen LogP contribution in [0.2, 0.25) is 10.0 Å². The highest BCUT2D eigenvalue weighted by Gasteiger charge is 2.07. The summed E-state index contributed by atoms with van der Waals surface area (Å²) in [5.41, 5.74) is 2.22. The van der Waals surface area contributed by atoms with E-state index in [0.29, 0.717) is 22.4 Å². The minimum absolute atomic E-state index is 0.518. The zero-order chi connectivity index (χ0) is 13.1. The summed E-state index contributed by atoms with van der Waals surface area (Å²) in [5, 5.41) is 8.62. The summed E-state index contributed by atoms with van der Waals surface area (Å²) in [6.07, 6.45) is 4.47. The van der Waals surface area contributed by atoms with Crippen LogP contribution < -0.4 is 5.32 Å². The van der Waals surface area contributed by atoms with Gasteiger partial charge < -0.3 is 5.32 Å². The van der Waals surface area contributed by atoms with Gasteiger partial charge in [-0.1, -0.05) is 30.1 Å². The Labute approximate surface area is 116 Å². The van der Waals surface area contributed by atoms with E-state index in [9.17, 15) is 0 Å². The molecular formula is C12H14Cl2N4. The highest BCUT2D eigenvalue weighted by atomic mass is 35.5. The molecule has 18 heavy (non-hydrogen) atoms. The first-order chi connectivity index (χ1) is 8.60. The maximum atomic E-state index is 6.04. The molecule has 0 unspecified atom stereocenters. The highest BCUT2D eigenvalue weighted by Crippen LogP contribution is 2.23. The number of anilines is 1. The molecular weight excluding hydrogens is 271 g/mol. The summed E-state index contributed by atoms with van der Waals surface area (Å²) in [7, 11) is 1.91. The third-order valence-corrected chi connectivity index (χ3v) is 3.08. The third-order valence-electron chi connectivity index (χ3n) is 2.58. The lowest BCUT2D eigenvalue weighted by Crippen LogP contribution is -2.03. The molecule has 0 aromatic carbocycles. The van der Waals surface area contributed by atoms with Crippen LogP contribution in [-0.4, -0.2) is 14.8 Å². The van der Waals surface area contributed by atoms with Gasteiger partial charge in [-0.3, -0.25) is 4.68 Å². The molecule has 2 aromatic rings. The van der Waals surface area contributed by atoms with Crippen molar-refractivity contribution in [1.29, 1.82) is 0 Å². The normalized spacial score (nSPS) is 10.7. The first-order valence-corrected chi connectivity index (χ1v) is 6.42. The van der Waals surface area contributed by atoms with Crippen LogP contribution >= 0.6 is 23.2 Å². The van der Waals surface area contributed by atoms with Crippen molar-refractivity contribution >= 4 is 29.0 Å². The molecule has 4 nitrogen and oxygen atoms in total. The van der Waals surface area contributed by atoms with Crippen LogP contribution in [0.5, 0.6) is 0 Å². The number of halogens is 2. The third kappa shape index (κ3) is 2.94. The quantitative estimate of drug-likeness (QED) is 0.937. The molecule has 96 valence electrons. The van der Waals surface area contributed by atoms with E-state index in [1.54, 1.807) is 12.3 Å². The van der Waals surface area contributed by atoms with Crippen LogP contribution in [0.15, 0.2) is 18.5 Å². The molecule has 0 bridgehead atoms. The minimum atomic E-state index is 0.518. The predicted molar refractivity (Wildman–Crippen MR) is 74.2 cm³/mol. The molecule has 0 fully saturated rings. The minimum Gasteiger partial charge on any atom is -0.365 e. The maximum Gasteiger partial charge on any atom is 0.145 e. The van der Waals surface area contributed by atoms with Crippen LogP contribution in [-0.2, 0) is 20.0 Å². The lowest BCUT2D eigenvalue weighted by molar-refractivity contribution is 0.746. The van der Waals surface area contributed by atoms with Gasteiger partial charge in [0.15, 0.2) is 0 Å². The van der Waals surface area contributed by atoms with E-state index in [2.05, 4.69) is 22.3 Å². The molecule has 0 saturated carbocycles. The van der Waals surface area contributed by atoms with E-state index in [1.807, 2.05) is 17.9 Å². The van der Waals surface area contributed by atoms with Crippen LogP contribution in [0.25, 0.3) is 0 Å². The average molecular weight is 285 g/mol. The molecule has 2 aromatic heterocycles. The van der Waals surface area contributed by atoms with Crippen molar-refractivity contribution in [2.45, 2.75) is 19.9 Å². The topological polar surface area (TPSA) is 42.7 Å². The Morgan fingerprint density at radius 1 is 1.39 bits per heavy atom. The molecule has 1 N–H and O–H groups in total. The number of hydrogen-bond acceptors (Lipinski definition) is 3. The number of aryl methyl sites for hydroxylation is 2. The molecule has 0 amide bonds. The standard InChI is InChI=1S/C12H14Cl2N4/c1-3-11-8(7-18(2)17-11)5-15-12-10(14)4-9(13)6-16-12/h4,6-7H,3,5H2,1-2H3,(H,15,16). The molecule has 2 rings (SSSR count). The van der Waals surface area contributed by atoms with E-state index >= 15 is 0 Å². The second-order valence-corrected chi connectivity index (χ2v) is 4.81. The molecule has 0 saturated heterocycles. The SMILES string of the molecule is CCc1nn(C)cc1CNc1ncc(Cl)cc1Cl. The number of aromatic nitrogens is 3. The number of pyridine rings is 1. The van der Waals surface area contributed by atoms with Crippen molar-refractivity contribution in [3.05, 3.63) is 39.8 Å². The predicted octanol–water partition coefficient (Wildman–Crippen LogP) is 3.30. The summed E-state index contributed by atoms with van der Waals surface area (Å²) in [6.45, 7) is 2.73. The molecule has 2 heterocycles.